The number of amides is 1. The van der Waals surface area contributed by atoms with Gasteiger partial charge in [0.2, 0.25) is 5.91 Å². The third-order valence-corrected chi connectivity index (χ3v) is 4.51. The maximum absolute atomic E-state index is 12.6. The van der Waals surface area contributed by atoms with Crippen LogP contribution in [-0.4, -0.2) is 53.1 Å². The van der Waals surface area contributed by atoms with E-state index >= 15 is 0 Å². The number of carbonyl (C=O) groups excluding carboxylic acids is 1. The molecule has 0 aliphatic carbocycles. The molecule has 0 spiro atoms. The Morgan fingerprint density at radius 3 is 2.29 bits per heavy atom. The van der Waals surface area contributed by atoms with Gasteiger partial charge in [-0.3, -0.25) is 15.0 Å². The third kappa shape index (κ3) is 4.96. The molecule has 4 nitrogen and oxygen atoms in total. The summed E-state index contributed by atoms with van der Waals surface area (Å²) in [6.07, 6.45) is 4.45. The molecule has 21 heavy (non-hydrogen) atoms. The predicted octanol–water partition coefficient (Wildman–Crippen LogP) is 2.83. The first-order valence-electron chi connectivity index (χ1n) is 8.74. The van der Waals surface area contributed by atoms with Crippen molar-refractivity contribution in [1.82, 2.24) is 15.1 Å². The Hall–Kier alpha value is -0.610. The minimum Gasteiger partial charge on any atom is -0.325 e. The van der Waals surface area contributed by atoms with Crippen LogP contribution in [0.5, 0.6) is 0 Å². The summed E-state index contributed by atoms with van der Waals surface area (Å²) in [5.41, 5.74) is 0. The molecule has 0 aromatic carbocycles. The number of nitrogens with one attached hydrogen (secondary N) is 1. The first-order chi connectivity index (χ1) is 9.92. The lowest BCUT2D eigenvalue weighted by atomic mass is 10.1. The van der Waals surface area contributed by atoms with Crippen LogP contribution in [0.2, 0.25) is 0 Å². The number of hydrogen-bond acceptors (Lipinski definition) is 3. The van der Waals surface area contributed by atoms with Crippen LogP contribution in [0, 0.1) is 0 Å². The number of nitrogens with zero attached hydrogens (tertiary/aromatic N) is 2. The van der Waals surface area contributed by atoms with Crippen LogP contribution < -0.4 is 5.32 Å². The van der Waals surface area contributed by atoms with E-state index in [2.05, 4.69) is 56.7 Å². The summed E-state index contributed by atoms with van der Waals surface area (Å²) in [7, 11) is 0. The first kappa shape index (κ1) is 18.4. The first-order valence-corrected chi connectivity index (χ1v) is 8.74. The molecule has 2 unspecified atom stereocenters. The van der Waals surface area contributed by atoms with E-state index in [9.17, 15) is 4.79 Å². The van der Waals surface area contributed by atoms with E-state index in [1.165, 1.54) is 0 Å². The van der Waals surface area contributed by atoms with E-state index in [0.717, 1.165) is 38.8 Å². The standard InChI is InChI=1S/C17H35N3O/c1-7-9-10-15-17(21)20(16(8-2)18-15)12-11-19(13(3)4)14(5)6/h13-16,18H,7-12H2,1-6H3. The SMILES string of the molecule is CCCCC1NC(CC)N(CCN(C(C)C)C(C)C)C1=O. The Bertz CT molecular complexity index is 309. The zero-order valence-corrected chi connectivity index (χ0v) is 14.9. The second kappa shape index (κ2) is 8.74. The zero-order chi connectivity index (χ0) is 16.0. The summed E-state index contributed by atoms with van der Waals surface area (Å²) < 4.78 is 0. The van der Waals surface area contributed by atoms with Crippen LogP contribution in [0.3, 0.4) is 0 Å². The summed E-state index contributed by atoms with van der Waals surface area (Å²) in [5.74, 6) is 0.308. The Kier molecular flexibility index (Phi) is 7.67. The van der Waals surface area contributed by atoms with E-state index in [4.69, 9.17) is 0 Å². The topological polar surface area (TPSA) is 35.6 Å². The Morgan fingerprint density at radius 1 is 1.19 bits per heavy atom. The van der Waals surface area contributed by atoms with Gasteiger partial charge in [-0.05, 0) is 40.5 Å². The van der Waals surface area contributed by atoms with Gasteiger partial charge in [0.25, 0.3) is 0 Å². The van der Waals surface area contributed by atoms with Crippen molar-refractivity contribution in [1.29, 1.82) is 0 Å². The maximum Gasteiger partial charge on any atom is 0.241 e. The van der Waals surface area contributed by atoms with Gasteiger partial charge in [0.05, 0.1) is 12.2 Å². The van der Waals surface area contributed by atoms with Gasteiger partial charge in [-0.2, -0.15) is 0 Å². The molecule has 1 fully saturated rings. The van der Waals surface area contributed by atoms with E-state index < -0.39 is 0 Å². The highest BCUT2D eigenvalue weighted by atomic mass is 16.2. The predicted molar refractivity (Wildman–Crippen MR) is 89.2 cm³/mol. The van der Waals surface area contributed by atoms with Gasteiger partial charge in [0, 0.05) is 25.2 Å². The lowest BCUT2D eigenvalue weighted by Crippen LogP contribution is -2.46. The van der Waals surface area contributed by atoms with E-state index in [0.29, 0.717) is 18.0 Å². The summed E-state index contributed by atoms with van der Waals surface area (Å²) >= 11 is 0. The fourth-order valence-electron chi connectivity index (χ4n) is 3.30. The van der Waals surface area contributed by atoms with Crippen LogP contribution in [0.15, 0.2) is 0 Å². The molecule has 0 aromatic heterocycles. The lowest BCUT2D eigenvalue weighted by molar-refractivity contribution is -0.130. The molecule has 1 heterocycles. The number of rotatable bonds is 9. The fraction of sp³-hybridized carbons (Fsp3) is 0.941. The molecule has 1 aliphatic heterocycles. The minimum absolute atomic E-state index is 0.0430. The summed E-state index contributed by atoms with van der Waals surface area (Å²) in [6, 6.07) is 1.08. The van der Waals surface area contributed by atoms with Crippen LogP contribution in [0.4, 0.5) is 0 Å². The lowest BCUT2D eigenvalue weighted by Gasteiger charge is -2.33. The Labute approximate surface area is 131 Å². The molecule has 1 rings (SSSR count). The van der Waals surface area contributed by atoms with Crippen molar-refractivity contribution in [3.8, 4) is 0 Å². The average Bonchev–Trinajstić information content (AvgIpc) is 2.72. The van der Waals surface area contributed by atoms with Crippen molar-refractivity contribution in [3.63, 3.8) is 0 Å². The van der Waals surface area contributed by atoms with Gasteiger partial charge in [-0.25, -0.2) is 0 Å². The molecular weight excluding hydrogens is 262 g/mol. The van der Waals surface area contributed by atoms with Crippen molar-refractivity contribution in [2.45, 2.75) is 91.5 Å². The van der Waals surface area contributed by atoms with Gasteiger partial charge in [-0.1, -0.05) is 26.7 Å². The van der Waals surface area contributed by atoms with Crippen molar-refractivity contribution in [2.75, 3.05) is 13.1 Å². The van der Waals surface area contributed by atoms with Gasteiger partial charge in [-0.15, -0.1) is 0 Å². The van der Waals surface area contributed by atoms with Crippen molar-refractivity contribution in [3.05, 3.63) is 0 Å². The molecule has 0 radical (unpaired) electrons. The van der Waals surface area contributed by atoms with Gasteiger partial charge in [0.15, 0.2) is 0 Å². The van der Waals surface area contributed by atoms with Gasteiger partial charge in [0.1, 0.15) is 0 Å². The minimum atomic E-state index is 0.0430. The molecular formula is C17H35N3O. The molecule has 1 N–H and O–H groups in total. The van der Waals surface area contributed by atoms with Gasteiger partial charge >= 0.3 is 0 Å². The van der Waals surface area contributed by atoms with Crippen molar-refractivity contribution >= 4 is 5.91 Å². The quantitative estimate of drug-likeness (QED) is 0.711. The molecule has 0 aromatic rings. The van der Waals surface area contributed by atoms with Crippen LogP contribution in [-0.2, 0) is 4.79 Å². The zero-order valence-electron chi connectivity index (χ0n) is 14.9. The highest BCUT2D eigenvalue weighted by molar-refractivity contribution is 5.84. The molecule has 4 heteroatoms. The van der Waals surface area contributed by atoms with E-state index in [1.807, 2.05) is 0 Å². The van der Waals surface area contributed by atoms with E-state index in [1.54, 1.807) is 0 Å². The molecule has 1 saturated heterocycles. The maximum atomic E-state index is 12.6. The normalized spacial score (nSPS) is 23.1. The van der Waals surface area contributed by atoms with Crippen molar-refractivity contribution < 1.29 is 4.79 Å². The van der Waals surface area contributed by atoms with Crippen LogP contribution >= 0.6 is 0 Å². The third-order valence-electron chi connectivity index (χ3n) is 4.51. The average molecular weight is 297 g/mol. The fourth-order valence-corrected chi connectivity index (χ4v) is 3.30. The summed E-state index contributed by atoms with van der Waals surface area (Å²) in [4.78, 5) is 17.1. The highest BCUT2D eigenvalue weighted by Gasteiger charge is 2.37. The molecule has 0 saturated carbocycles. The highest BCUT2D eigenvalue weighted by Crippen LogP contribution is 2.18. The molecule has 1 amide bonds. The molecule has 2 atom stereocenters. The van der Waals surface area contributed by atoms with Gasteiger partial charge < -0.3 is 4.90 Å². The summed E-state index contributed by atoms with van der Waals surface area (Å²) in [5, 5.41) is 3.52. The van der Waals surface area contributed by atoms with Crippen LogP contribution in [0.25, 0.3) is 0 Å². The molecule has 124 valence electrons. The number of unbranched alkanes of at least 4 members (excludes halogenated alkanes) is 1. The second-order valence-corrected chi connectivity index (χ2v) is 6.74. The molecule has 1 aliphatic rings. The van der Waals surface area contributed by atoms with Crippen LogP contribution in [0.1, 0.15) is 67.2 Å². The van der Waals surface area contributed by atoms with Crippen molar-refractivity contribution in [2.24, 2.45) is 0 Å². The molecule has 0 bridgehead atoms. The largest absolute Gasteiger partial charge is 0.325 e. The second-order valence-electron chi connectivity index (χ2n) is 6.74. The Balaban J connectivity index is 2.61. The smallest absolute Gasteiger partial charge is 0.241 e. The Morgan fingerprint density at radius 2 is 1.81 bits per heavy atom. The van der Waals surface area contributed by atoms with E-state index in [-0.39, 0.29) is 12.2 Å². The monoisotopic (exact) mass is 297 g/mol. The number of carbonyl (C=O) groups is 1. The summed E-state index contributed by atoms with van der Waals surface area (Å²) in [6.45, 7) is 15.0. The number of hydrogen-bond donors (Lipinski definition) is 1.